The van der Waals surface area contributed by atoms with Gasteiger partial charge in [-0.1, -0.05) is 12.1 Å². The van der Waals surface area contributed by atoms with Gasteiger partial charge in [-0.15, -0.1) is 11.3 Å². The van der Waals surface area contributed by atoms with Gasteiger partial charge in [0.25, 0.3) is 5.56 Å². The number of hydrogen-bond donors (Lipinski definition) is 0. The smallest absolute Gasteiger partial charge is 0.291 e. The van der Waals surface area contributed by atoms with Crippen LogP contribution in [0.25, 0.3) is 32.2 Å². The minimum atomic E-state index is -0.105. The first kappa shape index (κ1) is 15.9. The molecule has 0 aliphatic heterocycles. The molecule has 0 N–H and O–H groups in total. The first-order chi connectivity index (χ1) is 12.5. The zero-order valence-electron chi connectivity index (χ0n) is 14.0. The molecular formula is C17H13IN6OS. The van der Waals surface area contributed by atoms with Crippen molar-refractivity contribution in [2.45, 2.75) is 6.54 Å². The Morgan fingerprint density at radius 2 is 1.96 bits per heavy atom. The molecule has 0 fully saturated rings. The number of fused-ring (bicyclic) bond motifs is 4. The lowest BCUT2D eigenvalue weighted by Crippen LogP contribution is -2.24. The predicted octanol–water partition coefficient (Wildman–Crippen LogP) is 2.88. The van der Waals surface area contributed by atoms with Gasteiger partial charge in [-0.25, -0.2) is 9.67 Å². The van der Waals surface area contributed by atoms with Gasteiger partial charge in [-0.05, 0) is 34.2 Å². The molecule has 26 heavy (non-hydrogen) atoms. The summed E-state index contributed by atoms with van der Waals surface area (Å²) in [4.78, 5) is 17.6. The number of rotatable bonds is 2. The lowest BCUT2D eigenvalue weighted by atomic mass is 10.1. The second-order valence-electron chi connectivity index (χ2n) is 6.17. The summed E-state index contributed by atoms with van der Waals surface area (Å²) in [6.07, 6.45) is 3.61. The van der Waals surface area contributed by atoms with Crippen LogP contribution < -0.4 is 5.56 Å². The molecule has 0 saturated carbocycles. The molecule has 4 heterocycles. The number of aromatic nitrogens is 6. The molecule has 5 aromatic rings. The van der Waals surface area contributed by atoms with Crippen molar-refractivity contribution in [1.82, 2.24) is 29.1 Å². The summed E-state index contributed by atoms with van der Waals surface area (Å²) in [6, 6.07) is 6.01. The van der Waals surface area contributed by atoms with Crippen molar-refractivity contribution in [1.29, 1.82) is 0 Å². The Morgan fingerprint density at radius 3 is 2.81 bits per heavy atom. The quantitative estimate of drug-likeness (QED) is 0.368. The fourth-order valence-corrected chi connectivity index (χ4v) is 5.14. The second kappa shape index (κ2) is 5.61. The van der Waals surface area contributed by atoms with Gasteiger partial charge in [-0.3, -0.25) is 9.48 Å². The second-order valence-corrected chi connectivity index (χ2v) is 8.92. The van der Waals surface area contributed by atoms with Gasteiger partial charge in [0.05, 0.1) is 29.2 Å². The molecular weight excluding hydrogens is 463 g/mol. The topological polar surface area (TPSA) is 70.5 Å². The Bertz CT molecular complexity index is 1380. The highest BCUT2D eigenvalue weighted by Crippen LogP contribution is 2.31. The van der Waals surface area contributed by atoms with E-state index >= 15 is 0 Å². The third-order valence-electron chi connectivity index (χ3n) is 4.70. The Labute approximate surface area is 165 Å². The van der Waals surface area contributed by atoms with Crippen LogP contribution in [-0.2, 0) is 20.6 Å². The van der Waals surface area contributed by atoms with Gasteiger partial charge in [0.1, 0.15) is 5.52 Å². The molecule has 0 bridgehead atoms. The summed E-state index contributed by atoms with van der Waals surface area (Å²) in [7, 11) is 3.79. The van der Waals surface area contributed by atoms with Crippen molar-refractivity contribution in [3.63, 3.8) is 0 Å². The number of aryl methyl sites for hydroxylation is 2. The van der Waals surface area contributed by atoms with Crippen LogP contribution in [-0.4, -0.2) is 29.1 Å². The van der Waals surface area contributed by atoms with E-state index in [1.807, 2.05) is 47.7 Å². The first-order valence-corrected chi connectivity index (χ1v) is 9.84. The lowest BCUT2D eigenvalue weighted by Gasteiger charge is -2.07. The zero-order valence-corrected chi connectivity index (χ0v) is 16.9. The first-order valence-electron chi connectivity index (χ1n) is 7.94. The fraction of sp³-hybridized carbons (Fsp3) is 0.176. The molecule has 130 valence electrons. The van der Waals surface area contributed by atoms with Crippen molar-refractivity contribution >= 4 is 66.1 Å². The maximum atomic E-state index is 13.1. The van der Waals surface area contributed by atoms with Crippen LogP contribution in [0, 0.1) is 3.01 Å². The molecule has 0 radical (unpaired) electrons. The van der Waals surface area contributed by atoms with Crippen LogP contribution in [0.4, 0.5) is 0 Å². The van der Waals surface area contributed by atoms with E-state index in [1.165, 1.54) is 4.68 Å². The summed E-state index contributed by atoms with van der Waals surface area (Å²) in [6.45, 7) is 0.404. The maximum absolute atomic E-state index is 13.1. The molecule has 0 aliphatic rings. The van der Waals surface area contributed by atoms with Crippen LogP contribution in [0.15, 0.2) is 35.4 Å². The molecule has 0 atom stereocenters. The van der Waals surface area contributed by atoms with Gasteiger partial charge in [0, 0.05) is 24.9 Å². The standard InChI is InChI=1S/C17H13IN6OS/c1-22-13-11(14-15(22)21-17(18)26-14)7-20-24(16(13)25)8-9-4-3-5-12-10(9)6-19-23(12)2/h3-7H,8H2,1-2H3. The van der Waals surface area contributed by atoms with Crippen molar-refractivity contribution < 1.29 is 0 Å². The highest BCUT2D eigenvalue weighted by atomic mass is 127. The van der Waals surface area contributed by atoms with Crippen LogP contribution in [0.1, 0.15) is 5.56 Å². The Balaban J connectivity index is 1.71. The Hall–Kier alpha value is -2.27. The van der Waals surface area contributed by atoms with E-state index in [9.17, 15) is 4.79 Å². The van der Waals surface area contributed by atoms with Gasteiger partial charge < -0.3 is 4.57 Å². The van der Waals surface area contributed by atoms with E-state index in [1.54, 1.807) is 17.5 Å². The van der Waals surface area contributed by atoms with Gasteiger partial charge in [0.15, 0.2) is 8.66 Å². The average Bonchev–Trinajstić information content (AvgIpc) is 3.26. The molecule has 0 aliphatic carbocycles. The Morgan fingerprint density at radius 1 is 1.15 bits per heavy atom. The van der Waals surface area contributed by atoms with E-state index in [0.29, 0.717) is 12.1 Å². The van der Waals surface area contributed by atoms with E-state index in [-0.39, 0.29) is 5.56 Å². The van der Waals surface area contributed by atoms with Gasteiger partial charge in [-0.2, -0.15) is 10.2 Å². The number of hydrogen-bond acceptors (Lipinski definition) is 5. The summed E-state index contributed by atoms with van der Waals surface area (Å²) in [5.41, 5.74) is 3.43. The molecule has 9 heteroatoms. The summed E-state index contributed by atoms with van der Waals surface area (Å²) in [5, 5.41) is 10.6. The molecule has 0 saturated heterocycles. The molecule has 5 rings (SSSR count). The average molecular weight is 476 g/mol. The minimum absolute atomic E-state index is 0.105. The molecule has 4 aromatic heterocycles. The van der Waals surface area contributed by atoms with Crippen molar-refractivity contribution in [2.75, 3.05) is 0 Å². The monoisotopic (exact) mass is 476 g/mol. The number of thiazole rings is 1. The van der Waals surface area contributed by atoms with E-state index in [4.69, 9.17) is 0 Å². The SMILES string of the molecule is Cn1ncc2c(Cn3ncc4c5sc(I)nc5n(C)c4c3=O)cccc21. The number of halogens is 1. The van der Waals surface area contributed by atoms with Crippen LogP contribution >= 0.6 is 33.9 Å². The van der Waals surface area contributed by atoms with Crippen molar-refractivity contribution in [2.24, 2.45) is 14.1 Å². The van der Waals surface area contributed by atoms with Crippen LogP contribution in [0.2, 0.25) is 0 Å². The molecule has 0 unspecified atom stereocenters. The van der Waals surface area contributed by atoms with Crippen molar-refractivity contribution in [3.8, 4) is 0 Å². The number of benzene rings is 1. The molecule has 0 spiro atoms. The number of nitrogens with zero attached hydrogens (tertiary/aromatic N) is 6. The minimum Gasteiger partial charge on any atom is -0.323 e. The molecule has 0 amide bonds. The van der Waals surface area contributed by atoms with Crippen LogP contribution in [0.5, 0.6) is 0 Å². The molecule has 1 aromatic carbocycles. The highest BCUT2D eigenvalue weighted by molar-refractivity contribution is 14.1. The lowest BCUT2D eigenvalue weighted by molar-refractivity contribution is 0.647. The van der Waals surface area contributed by atoms with Crippen molar-refractivity contribution in [3.05, 3.63) is 49.5 Å². The predicted molar refractivity (Wildman–Crippen MR) is 111 cm³/mol. The van der Waals surface area contributed by atoms with E-state index in [2.05, 4.69) is 37.8 Å². The maximum Gasteiger partial charge on any atom is 0.291 e. The summed E-state index contributed by atoms with van der Waals surface area (Å²) < 4.78 is 7.18. The highest BCUT2D eigenvalue weighted by Gasteiger charge is 2.18. The third kappa shape index (κ3) is 2.16. The van der Waals surface area contributed by atoms with Gasteiger partial charge in [0.2, 0.25) is 0 Å². The van der Waals surface area contributed by atoms with E-state index in [0.717, 1.165) is 35.2 Å². The summed E-state index contributed by atoms with van der Waals surface area (Å²) >= 11 is 3.78. The largest absolute Gasteiger partial charge is 0.323 e. The molecule has 7 nitrogen and oxygen atoms in total. The normalized spacial score (nSPS) is 12.0. The third-order valence-corrected chi connectivity index (χ3v) is 6.47. The zero-order chi connectivity index (χ0) is 18.0. The van der Waals surface area contributed by atoms with E-state index < -0.39 is 0 Å². The fourth-order valence-electron chi connectivity index (χ4n) is 3.41. The van der Waals surface area contributed by atoms with Crippen LogP contribution in [0.3, 0.4) is 0 Å². The Kier molecular flexibility index (Phi) is 3.44. The summed E-state index contributed by atoms with van der Waals surface area (Å²) in [5.74, 6) is 0. The van der Waals surface area contributed by atoms with Gasteiger partial charge >= 0.3 is 0 Å².